The number of hydrogen-bond donors (Lipinski definition) is 2. The van der Waals surface area contributed by atoms with Crippen LogP contribution in [0.4, 0.5) is 0 Å². The molecule has 0 radical (unpaired) electrons. The lowest BCUT2D eigenvalue weighted by Crippen LogP contribution is -2.40. The summed E-state index contributed by atoms with van der Waals surface area (Å²) in [7, 11) is 1.93. The Hall–Kier alpha value is -1.14. The molecule has 1 rings (SSSR count). The van der Waals surface area contributed by atoms with Crippen LogP contribution in [0, 0.1) is 0 Å². The van der Waals surface area contributed by atoms with Crippen molar-refractivity contribution in [3.8, 4) is 0 Å². The molecule has 5 nitrogen and oxygen atoms in total. The summed E-state index contributed by atoms with van der Waals surface area (Å²) in [5.74, 6) is 0.213. The van der Waals surface area contributed by atoms with Crippen molar-refractivity contribution < 1.29 is 5.21 Å². The lowest BCUT2D eigenvalue weighted by molar-refractivity contribution is 0.278. The van der Waals surface area contributed by atoms with Gasteiger partial charge < -0.3 is 10.9 Å². The summed E-state index contributed by atoms with van der Waals surface area (Å²) in [5.41, 5.74) is 6.76. The summed E-state index contributed by atoms with van der Waals surface area (Å²) >= 11 is 1.65. The Bertz CT molecular complexity index is 422. The molecular weight excluding hydrogens is 248 g/mol. The average Bonchev–Trinajstić information content (AvgIpc) is 2.75. The van der Waals surface area contributed by atoms with Gasteiger partial charge in [-0.15, -0.1) is 11.3 Å². The van der Waals surface area contributed by atoms with Crippen LogP contribution in [0.15, 0.2) is 10.5 Å². The van der Waals surface area contributed by atoms with Crippen LogP contribution in [0.25, 0.3) is 0 Å². The second-order valence-electron chi connectivity index (χ2n) is 5.49. The van der Waals surface area contributed by atoms with Crippen LogP contribution < -0.4 is 5.73 Å². The van der Waals surface area contributed by atoms with Gasteiger partial charge in [0.25, 0.3) is 0 Å². The summed E-state index contributed by atoms with van der Waals surface area (Å²) in [6.07, 6.45) is 0. The highest BCUT2D eigenvalue weighted by Gasteiger charge is 2.19. The molecule has 0 aromatic carbocycles. The average molecular weight is 270 g/mol. The van der Waals surface area contributed by atoms with E-state index in [0.29, 0.717) is 6.54 Å². The number of nitrogens with two attached hydrogens (primary N) is 1. The fourth-order valence-corrected chi connectivity index (χ4v) is 2.47. The van der Waals surface area contributed by atoms with Crippen molar-refractivity contribution in [2.24, 2.45) is 10.9 Å². The molecule has 0 amide bonds. The first-order valence-electron chi connectivity index (χ1n) is 5.88. The molecule has 1 atom stereocenters. The van der Waals surface area contributed by atoms with E-state index in [1.165, 1.54) is 0 Å². The summed E-state index contributed by atoms with van der Waals surface area (Å²) < 4.78 is 0. The van der Waals surface area contributed by atoms with Gasteiger partial charge in [0.05, 0.1) is 18.3 Å². The maximum Gasteiger partial charge on any atom is 0.156 e. The van der Waals surface area contributed by atoms with Crippen LogP contribution in [-0.4, -0.2) is 34.0 Å². The van der Waals surface area contributed by atoms with Crippen molar-refractivity contribution in [3.63, 3.8) is 0 Å². The van der Waals surface area contributed by atoms with Gasteiger partial charge in [-0.3, -0.25) is 4.90 Å². The summed E-state index contributed by atoms with van der Waals surface area (Å²) in [4.78, 5) is 6.62. The van der Waals surface area contributed by atoms with Crippen LogP contribution >= 0.6 is 11.3 Å². The standard InChI is InChI=1S/C12H22N4OS/c1-8(11(13)15-17)16(5)6-10-14-9(7-18-10)12(2,3)4/h7-8,17H,6H2,1-5H3,(H2,13,15). The lowest BCUT2D eigenvalue weighted by atomic mass is 9.93. The molecular formula is C12H22N4OS. The number of amidine groups is 1. The minimum absolute atomic E-state index is 0.0739. The molecule has 18 heavy (non-hydrogen) atoms. The Morgan fingerprint density at radius 2 is 2.22 bits per heavy atom. The third kappa shape index (κ3) is 3.68. The van der Waals surface area contributed by atoms with E-state index >= 15 is 0 Å². The summed E-state index contributed by atoms with van der Waals surface area (Å²) in [6.45, 7) is 9.03. The van der Waals surface area contributed by atoms with E-state index < -0.39 is 0 Å². The fraction of sp³-hybridized carbons (Fsp3) is 0.667. The number of hydrogen-bond acceptors (Lipinski definition) is 5. The molecule has 1 aromatic rings. The van der Waals surface area contributed by atoms with Crippen molar-refractivity contribution in [2.45, 2.75) is 45.7 Å². The minimum Gasteiger partial charge on any atom is -0.409 e. The number of thiazole rings is 1. The maximum absolute atomic E-state index is 8.65. The smallest absolute Gasteiger partial charge is 0.156 e. The molecule has 0 aliphatic heterocycles. The van der Waals surface area contributed by atoms with Crippen molar-refractivity contribution >= 4 is 17.2 Å². The highest BCUT2D eigenvalue weighted by atomic mass is 32.1. The topological polar surface area (TPSA) is 74.7 Å². The predicted octanol–water partition coefficient (Wildman–Crippen LogP) is 2.01. The summed E-state index contributed by atoms with van der Waals surface area (Å²) in [5, 5.41) is 14.8. The van der Waals surface area contributed by atoms with Crippen LogP contribution in [-0.2, 0) is 12.0 Å². The molecule has 0 saturated heterocycles. The van der Waals surface area contributed by atoms with Crippen LogP contribution in [0.2, 0.25) is 0 Å². The Balaban J connectivity index is 2.71. The van der Waals surface area contributed by atoms with Crippen LogP contribution in [0.1, 0.15) is 38.4 Å². The zero-order valence-corrected chi connectivity index (χ0v) is 12.5. The zero-order chi connectivity index (χ0) is 13.9. The summed E-state index contributed by atoms with van der Waals surface area (Å²) in [6, 6.07) is -0.114. The number of rotatable bonds is 4. The highest BCUT2D eigenvalue weighted by Crippen LogP contribution is 2.24. The normalized spacial score (nSPS) is 15.1. The molecule has 0 aliphatic rings. The van der Waals surface area contributed by atoms with E-state index in [1.54, 1.807) is 11.3 Å². The Labute approximate surface area is 112 Å². The Morgan fingerprint density at radius 3 is 2.67 bits per heavy atom. The number of likely N-dealkylation sites (N-methyl/N-ethyl adjacent to an activating group) is 1. The molecule has 0 bridgehead atoms. The molecule has 0 spiro atoms. The monoisotopic (exact) mass is 270 g/mol. The third-order valence-electron chi connectivity index (χ3n) is 2.91. The fourth-order valence-electron chi connectivity index (χ4n) is 1.39. The van der Waals surface area contributed by atoms with Gasteiger partial charge >= 0.3 is 0 Å². The van der Waals surface area contributed by atoms with E-state index in [4.69, 9.17) is 10.9 Å². The van der Waals surface area contributed by atoms with Gasteiger partial charge in [0.1, 0.15) is 5.01 Å². The molecule has 0 saturated carbocycles. The molecule has 6 heteroatoms. The number of nitrogens with zero attached hydrogens (tertiary/aromatic N) is 3. The second kappa shape index (κ2) is 5.67. The maximum atomic E-state index is 8.65. The van der Waals surface area contributed by atoms with Gasteiger partial charge in [0, 0.05) is 10.8 Å². The van der Waals surface area contributed by atoms with Gasteiger partial charge in [0.15, 0.2) is 5.84 Å². The van der Waals surface area contributed by atoms with Gasteiger partial charge in [-0.25, -0.2) is 4.98 Å². The highest BCUT2D eigenvalue weighted by molar-refractivity contribution is 7.09. The van der Waals surface area contributed by atoms with Crippen molar-refractivity contribution in [1.29, 1.82) is 0 Å². The Kier molecular flexibility index (Phi) is 4.70. The quantitative estimate of drug-likeness (QED) is 0.380. The van der Waals surface area contributed by atoms with Crippen LogP contribution in [0.5, 0.6) is 0 Å². The molecule has 102 valence electrons. The lowest BCUT2D eigenvalue weighted by Gasteiger charge is -2.22. The van der Waals surface area contributed by atoms with Crippen LogP contribution in [0.3, 0.4) is 0 Å². The molecule has 1 aromatic heterocycles. The second-order valence-corrected chi connectivity index (χ2v) is 6.44. The van der Waals surface area contributed by atoms with E-state index in [1.807, 2.05) is 18.9 Å². The van der Waals surface area contributed by atoms with Crippen molar-refractivity contribution in [2.75, 3.05) is 7.05 Å². The first-order chi connectivity index (χ1) is 8.25. The molecule has 0 fully saturated rings. The van der Waals surface area contributed by atoms with E-state index in [2.05, 4.69) is 36.3 Å². The van der Waals surface area contributed by atoms with Gasteiger partial charge in [-0.1, -0.05) is 25.9 Å². The number of aromatic nitrogens is 1. The van der Waals surface area contributed by atoms with Crippen molar-refractivity contribution in [3.05, 3.63) is 16.1 Å². The first kappa shape index (κ1) is 14.9. The number of oxime groups is 1. The van der Waals surface area contributed by atoms with Gasteiger partial charge in [-0.2, -0.15) is 0 Å². The molecule has 3 N–H and O–H groups in total. The predicted molar refractivity (Wildman–Crippen MR) is 75.2 cm³/mol. The SMILES string of the molecule is CC(C(N)=NO)N(C)Cc1nc(C(C)(C)C)cs1. The van der Waals surface area contributed by atoms with E-state index in [0.717, 1.165) is 10.7 Å². The van der Waals surface area contributed by atoms with Gasteiger partial charge in [0.2, 0.25) is 0 Å². The largest absolute Gasteiger partial charge is 0.409 e. The molecule has 1 unspecified atom stereocenters. The van der Waals surface area contributed by atoms with E-state index in [-0.39, 0.29) is 17.3 Å². The molecule has 1 heterocycles. The first-order valence-corrected chi connectivity index (χ1v) is 6.76. The Morgan fingerprint density at radius 1 is 1.61 bits per heavy atom. The molecule has 0 aliphatic carbocycles. The van der Waals surface area contributed by atoms with Crippen molar-refractivity contribution in [1.82, 2.24) is 9.88 Å². The minimum atomic E-state index is -0.114. The van der Waals surface area contributed by atoms with Gasteiger partial charge in [-0.05, 0) is 14.0 Å². The zero-order valence-electron chi connectivity index (χ0n) is 11.6. The third-order valence-corrected chi connectivity index (χ3v) is 3.74. The van der Waals surface area contributed by atoms with E-state index in [9.17, 15) is 0 Å².